The van der Waals surface area contributed by atoms with Gasteiger partial charge in [-0.15, -0.1) is 0 Å². The lowest BCUT2D eigenvalue weighted by molar-refractivity contribution is -0.137. The van der Waals surface area contributed by atoms with Gasteiger partial charge in [0, 0.05) is 13.0 Å². The first-order valence-electron chi connectivity index (χ1n) is 6.16. The molecule has 94 valence electrons. The maximum atomic E-state index is 10.3. The summed E-state index contributed by atoms with van der Waals surface area (Å²) < 4.78 is 0. The lowest BCUT2D eigenvalue weighted by atomic mass is 9.95. The molecule has 1 aliphatic rings. The van der Waals surface area contributed by atoms with Crippen LogP contribution in [0.1, 0.15) is 45.4 Å². The third kappa shape index (κ3) is 5.47. The van der Waals surface area contributed by atoms with Crippen molar-refractivity contribution in [1.82, 2.24) is 4.90 Å². The van der Waals surface area contributed by atoms with Crippen molar-refractivity contribution < 1.29 is 15.0 Å². The first kappa shape index (κ1) is 13.5. The van der Waals surface area contributed by atoms with Crippen LogP contribution in [-0.2, 0) is 4.79 Å². The van der Waals surface area contributed by atoms with Crippen LogP contribution in [0.25, 0.3) is 0 Å². The van der Waals surface area contributed by atoms with Crippen LogP contribution in [0.5, 0.6) is 0 Å². The number of aliphatic hydroxyl groups is 1. The minimum atomic E-state index is -0.707. The lowest BCUT2D eigenvalue weighted by Crippen LogP contribution is -2.46. The summed E-state index contributed by atoms with van der Waals surface area (Å²) >= 11 is 0. The molecule has 2 N–H and O–H groups in total. The normalized spacial score (nSPS) is 26.9. The average Bonchev–Trinajstić information content (AvgIpc) is 2.15. The number of aliphatic carboxylic acids is 1. The molecule has 0 aromatic carbocycles. The molecule has 0 amide bonds. The van der Waals surface area contributed by atoms with E-state index in [0.717, 1.165) is 51.7 Å². The quantitative estimate of drug-likeness (QED) is 0.677. The molecule has 1 aliphatic heterocycles. The minimum absolute atomic E-state index is 0.276. The second-order valence-electron chi connectivity index (χ2n) is 5.08. The predicted molar refractivity (Wildman–Crippen MR) is 62.4 cm³/mol. The van der Waals surface area contributed by atoms with E-state index in [-0.39, 0.29) is 6.42 Å². The first-order chi connectivity index (χ1) is 7.49. The highest BCUT2D eigenvalue weighted by Crippen LogP contribution is 2.20. The molecular weight excluding hydrogens is 206 g/mol. The second kappa shape index (κ2) is 6.21. The fraction of sp³-hybridized carbons (Fsp3) is 0.917. The van der Waals surface area contributed by atoms with Crippen LogP contribution in [0.3, 0.4) is 0 Å². The summed E-state index contributed by atoms with van der Waals surface area (Å²) in [5.41, 5.74) is -0.528. The number of β-amino-alcohol motifs (C(OH)–C–C–N with tert-alkyl or cyclic N) is 1. The van der Waals surface area contributed by atoms with Gasteiger partial charge >= 0.3 is 5.97 Å². The van der Waals surface area contributed by atoms with Crippen molar-refractivity contribution in [3.63, 3.8) is 0 Å². The van der Waals surface area contributed by atoms with Crippen LogP contribution in [0, 0.1) is 0 Å². The molecule has 1 heterocycles. The predicted octanol–water partition coefficient (Wildman–Crippen LogP) is 1.48. The number of hydrogen-bond donors (Lipinski definition) is 2. The maximum Gasteiger partial charge on any atom is 0.303 e. The number of hydrogen-bond acceptors (Lipinski definition) is 3. The summed E-state index contributed by atoms with van der Waals surface area (Å²) in [5, 5.41) is 18.4. The maximum absolute atomic E-state index is 10.3. The first-order valence-corrected chi connectivity index (χ1v) is 6.16. The van der Waals surface area contributed by atoms with E-state index < -0.39 is 11.6 Å². The van der Waals surface area contributed by atoms with Crippen molar-refractivity contribution in [3.8, 4) is 0 Å². The van der Waals surface area contributed by atoms with Crippen LogP contribution < -0.4 is 0 Å². The summed E-state index contributed by atoms with van der Waals surface area (Å²) in [6, 6.07) is 0. The molecule has 1 unspecified atom stereocenters. The molecule has 0 radical (unpaired) electrons. The van der Waals surface area contributed by atoms with Crippen molar-refractivity contribution in [2.24, 2.45) is 0 Å². The number of carboxylic acid groups (broad SMARTS) is 1. The Morgan fingerprint density at radius 2 is 2.12 bits per heavy atom. The van der Waals surface area contributed by atoms with Crippen molar-refractivity contribution in [1.29, 1.82) is 0 Å². The molecule has 1 atom stereocenters. The molecule has 1 fully saturated rings. The van der Waals surface area contributed by atoms with Gasteiger partial charge in [-0.2, -0.15) is 0 Å². The van der Waals surface area contributed by atoms with Crippen LogP contribution in [0.4, 0.5) is 0 Å². The second-order valence-corrected chi connectivity index (χ2v) is 5.08. The number of nitrogens with zero attached hydrogens (tertiary/aromatic N) is 1. The Hall–Kier alpha value is -0.610. The number of rotatable bonds is 6. The Morgan fingerprint density at radius 3 is 2.75 bits per heavy atom. The van der Waals surface area contributed by atoms with E-state index in [9.17, 15) is 9.90 Å². The number of carboxylic acids is 1. The Bertz CT molecular complexity index is 228. The molecule has 0 bridgehead atoms. The Morgan fingerprint density at radius 1 is 1.38 bits per heavy atom. The van der Waals surface area contributed by atoms with Crippen LogP contribution >= 0.6 is 0 Å². The van der Waals surface area contributed by atoms with Crippen molar-refractivity contribution in [3.05, 3.63) is 0 Å². The van der Waals surface area contributed by atoms with E-state index in [4.69, 9.17) is 5.11 Å². The number of unbranched alkanes of at least 4 members (excludes halogenated alkanes) is 2. The average molecular weight is 229 g/mol. The fourth-order valence-electron chi connectivity index (χ4n) is 2.30. The molecule has 4 nitrogen and oxygen atoms in total. The molecule has 0 aromatic heterocycles. The smallest absolute Gasteiger partial charge is 0.303 e. The number of carbonyl (C=O) groups is 1. The highest BCUT2D eigenvalue weighted by molar-refractivity contribution is 5.66. The molecule has 0 spiro atoms. The van der Waals surface area contributed by atoms with Gasteiger partial charge in [0.1, 0.15) is 0 Å². The molecule has 0 aromatic rings. The Kier molecular flexibility index (Phi) is 5.22. The van der Waals surface area contributed by atoms with E-state index in [1.54, 1.807) is 0 Å². The Balaban J connectivity index is 2.06. The van der Waals surface area contributed by atoms with Crippen LogP contribution in [0.15, 0.2) is 0 Å². The topological polar surface area (TPSA) is 60.8 Å². The van der Waals surface area contributed by atoms with Gasteiger partial charge < -0.3 is 15.1 Å². The van der Waals surface area contributed by atoms with E-state index in [2.05, 4.69) is 4.90 Å². The molecule has 1 rings (SSSR count). The van der Waals surface area contributed by atoms with Gasteiger partial charge in [0.25, 0.3) is 0 Å². The summed E-state index contributed by atoms with van der Waals surface area (Å²) in [6.45, 7) is 4.69. The molecule has 0 aliphatic carbocycles. The summed E-state index contributed by atoms with van der Waals surface area (Å²) in [4.78, 5) is 12.6. The van der Waals surface area contributed by atoms with E-state index in [1.165, 1.54) is 0 Å². The van der Waals surface area contributed by atoms with Gasteiger partial charge in [-0.25, -0.2) is 0 Å². The van der Waals surface area contributed by atoms with E-state index in [1.807, 2.05) is 6.92 Å². The van der Waals surface area contributed by atoms with Gasteiger partial charge in [0.05, 0.1) is 5.60 Å². The van der Waals surface area contributed by atoms with Gasteiger partial charge in [-0.05, 0) is 45.7 Å². The van der Waals surface area contributed by atoms with Crippen molar-refractivity contribution >= 4 is 5.97 Å². The third-order valence-electron chi connectivity index (χ3n) is 3.12. The van der Waals surface area contributed by atoms with Crippen LogP contribution in [-0.4, -0.2) is 46.3 Å². The van der Waals surface area contributed by atoms with E-state index >= 15 is 0 Å². The van der Waals surface area contributed by atoms with Crippen molar-refractivity contribution in [2.45, 2.75) is 51.0 Å². The molecule has 4 heteroatoms. The van der Waals surface area contributed by atoms with Gasteiger partial charge in [0.2, 0.25) is 0 Å². The zero-order valence-corrected chi connectivity index (χ0v) is 10.1. The van der Waals surface area contributed by atoms with Gasteiger partial charge in [0.15, 0.2) is 0 Å². The van der Waals surface area contributed by atoms with Crippen LogP contribution in [0.2, 0.25) is 0 Å². The van der Waals surface area contributed by atoms with E-state index in [0.29, 0.717) is 0 Å². The third-order valence-corrected chi connectivity index (χ3v) is 3.12. The minimum Gasteiger partial charge on any atom is -0.481 e. The van der Waals surface area contributed by atoms with Crippen molar-refractivity contribution in [2.75, 3.05) is 19.6 Å². The zero-order chi connectivity index (χ0) is 12.0. The largest absolute Gasteiger partial charge is 0.481 e. The van der Waals surface area contributed by atoms with Gasteiger partial charge in [-0.1, -0.05) is 6.42 Å². The SMILES string of the molecule is CC1(O)CCCN(CCCCCC(=O)O)C1. The summed E-state index contributed by atoms with van der Waals surface area (Å²) in [6.07, 6.45) is 4.98. The lowest BCUT2D eigenvalue weighted by Gasteiger charge is -2.36. The Labute approximate surface area is 97.3 Å². The molecular formula is C12H23NO3. The number of likely N-dealkylation sites (tertiary alicyclic amines) is 1. The zero-order valence-electron chi connectivity index (χ0n) is 10.1. The highest BCUT2D eigenvalue weighted by atomic mass is 16.4. The van der Waals surface area contributed by atoms with Gasteiger partial charge in [-0.3, -0.25) is 4.79 Å². The molecule has 0 saturated carbocycles. The molecule has 1 saturated heterocycles. The standard InChI is InChI=1S/C12H23NO3/c1-12(16)7-5-9-13(10-12)8-4-2-3-6-11(14)15/h16H,2-10H2,1H3,(H,14,15). The number of piperidine rings is 1. The monoisotopic (exact) mass is 229 g/mol. The fourth-order valence-corrected chi connectivity index (χ4v) is 2.30. The highest BCUT2D eigenvalue weighted by Gasteiger charge is 2.27. The molecule has 16 heavy (non-hydrogen) atoms. The summed E-state index contributed by atoms with van der Waals surface area (Å²) in [5.74, 6) is -0.707. The summed E-state index contributed by atoms with van der Waals surface area (Å²) in [7, 11) is 0.